The molecule has 0 aromatic carbocycles. The minimum Gasteiger partial charge on any atom is -0.390 e. The van der Waals surface area contributed by atoms with Crippen LogP contribution in [-0.4, -0.2) is 62.2 Å². The first-order valence-corrected chi connectivity index (χ1v) is 19.1. The van der Waals surface area contributed by atoms with E-state index in [2.05, 4.69) is 0 Å². The van der Waals surface area contributed by atoms with Gasteiger partial charge in [-0.15, -0.1) is 0 Å². The van der Waals surface area contributed by atoms with Crippen molar-refractivity contribution in [2.24, 2.45) is 0 Å². The Balaban J connectivity index is 1.42. The van der Waals surface area contributed by atoms with Gasteiger partial charge in [0, 0.05) is 18.6 Å². The molecule has 1 aromatic rings. The molecule has 16 heteroatoms. The number of phosphoric ester groups is 1. The molecule has 0 aliphatic carbocycles. The fourth-order valence-corrected chi connectivity index (χ4v) is 7.25. The van der Waals surface area contributed by atoms with Crippen LogP contribution < -0.4 is 11.2 Å². The molecule has 1 saturated heterocycles. The average molecular weight is 707 g/mol. The molecule has 0 spiro atoms. The topological polar surface area (TPSA) is 140 Å². The SMILES string of the molecule is C[C@@H](OP(=O)(O)OCCSCCCCCCCCCCCCCCCCCC(F)(F)F)[C@H]1O[C@@H](n2cc(F)c(=O)[nH]c2=O)C[C@@H]1O. The predicted octanol–water partition coefficient (Wildman–Crippen LogP) is 7.38. The lowest BCUT2D eigenvalue weighted by atomic mass is 10.0. The highest BCUT2D eigenvalue weighted by Gasteiger charge is 2.42. The number of aliphatic hydroxyl groups is 1. The summed E-state index contributed by atoms with van der Waals surface area (Å²) in [7, 11) is -4.45. The number of ether oxygens (including phenoxy) is 1. The van der Waals surface area contributed by atoms with Crippen molar-refractivity contribution < 1.29 is 45.9 Å². The zero-order chi connectivity index (χ0) is 34.0. The summed E-state index contributed by atoms with van der Waals surface area (Å²) in [6.45, 7) is 1.41. The minimum atomic E-state index is -4.45. The molecule has 10 nitrogen and oxygen atoms in total. The first kappa shape index (κ1) is 41.0. The van der Waals surface area contributed by atoms with Gasteiger partial charge >= 0.3 is 19.7 Å². The number of aromatic amines is 1. The van der Waals surface area contributed by atoms with E-state index in [0.717, 1.165) is 42.4 Å². The van der Waals surface area contributed by atoms with E-state index in [4.69, 9.17) is 13.8 Å². The summed E-state index contributed by atoms with van der Waals surface area (Å²) in [5, 5.41) is 10.3. The molecule has 1 unspecified atom stereocenters. The third-order valence-corrected chi connectivity index (χ3v) is 10.0. The molecule has 2 rings (SSSR count). The van der Waals surface area contributed by atoms with Crippen molar-refractivity contribution in [1.29, 1.82) is 0 Å². The molecular weight excluding hydrogens is 655 g/mol. The van der Waals surface area contributed by atoms with Crippen LogP contribution in [0.2, 0.25) is 0 Å². The second-order valence-electron chi connectivity index (χ2n) is 11.9. The number of hydrogen-bond donors (Lipinski definition) is 3. The number of unbranched alkanes of at least 4 members (excludes halogenated alkanes) is 14. The molecule has 5 atom stereocenters. The van der Waals surface area contributed by atoms with Crippen LogP contribution in [0.25, 0.3) is 0 Å². The molecular formula is C30H51F4N2O8PS. The maximum atomic E-state index is 13.6. The third-order valence-electron chi connectivity index (χ3n) is 7.86. The minimum absolute atomic E-state index is 0.00409. The average Bonchev–Trinajstić information content (AvgIpc) is 3.36. The molecule has 0 bridgehead atoms. The van der Waals surface area contributed by atoms with Gasteiger partial charge in [0.2, 0.25) is 5.82 Å². The van der Waals surface area contributed by atoms with Gasteiger partial charge in [-0.05, 0) is 25.5 Å². The fraction of sp³-hybridized carbons (Fsp3) is 0.867. The van der Waals surface area contributed by atoms with Crippen LogP contribution in [-0.2, 0) is 18.3 Å². The van der Waals surface area contributed by atoms with Crippen molar-refractivity contribution in [2.45, 2.75) is 147 Å². The fourth-order valence-electron chi connectivity index (χ4n) is 5.39. The molecule has 1 aromatic heterocycles. The smallest absolute Gasteiger partial charge is 0.390 e. The van der Waals surface area contributed by atoms with E-state index in [0.29, 0.717) is 18.4 Å². The van der Waals surface area contributed by atoms with Gasteiger partial charge in [-0.1, -0.05) is 83.5 Å². The van der Waals surface area contributed by atoms with Gasteiger partial charge in [-0.2, -0.15) is 29.3 Å². The van der Waals surface area contributed by atoms with Crippen molar-refractivity contribution in [3.63, 3.8) is 0 Å². The molecule has 0 saturated carbocycles. The lowest BCUT2D eigenvalue weighted by molar-refractivity contribution is -0.135. The molecule has 0 amide bonds. The summed E-state index contributed by atoms with van der Waals surface area (Å²) in [6, 6.07) is 0. The second-order valence-corrected chi connectivity index (χ2v) is 14.5. The normalized spacial score (nSPS) is 20.6. The maximum absolute atomic E-state index is 13.6. The number of hydrogen-bond acceptors (Lipinski definition) is 8. The first-order chi connectivity index (χ1) is 21.8. The quantitative estimate of drug-likeness (QED) is 0.0540. The number of alkyl halides is 3. The van der Waals surface area contributed by atoms with Crippen molar-refractivity contribution in [3.05, 3.63) is 32.9 Å². The number of aromatic nitrogens is 2. The number of halogens is 4. The molecule has 2 heterocycles. The van der Waals surface area contributed by atoms with Crippen LogP contribution >= 0.6 is 19.6 Å². The van der Waals surface area contributed by atoms with E-state index in [1.54, 1.807) is 11.8 Å². The Bertz CT molecular complexity index is 1160. The van der Waals surface area contributed by atoms with Crippen LogP contribution in [0.3, 0.4) is 0 Å². The number of nitrogens with zero attached hydrogens (tertiary/aromatic N) is 1. The van der Waals surface area contributed by atoms with Crippen LogP contribution in [0, 0.1) is 5.82 Å². The summed E-state index contributed by atoms with van der Waals surface area (Å²) in [5.41, 5.74) is -2.09. The van der Waals surface area contributed by atoms with Crippen LogP contribution in [0.4, 0.5) is 17.6 Å². The maximum Gasteiger partial charge on any atom is 0.472 e. The highest BCUT2D eigenvalue weighted by Crippen LogP contribution is 2.46. The third kappa shape index (κ3) is 17.3. The number of nitrogens with one attached hydrogen (secondary N) is 1. The van der Waals surface area contributed by atoms with Crippen LogP contribution in [0.5, 0.6) is 0 Å². The molecule has 268 valence electrons. The number of aliphatic hydroxyl groups excluding tert-OH is 1. The predicted molar refractivity (Wildman–Crippen MR) is 169 cm³/mol. The number of phosphoric acid groups is 1. The highest BCUT2D eigenvalue weighted by molar-refractivity contribution is 7.99. The van der Waals surface area contributed by atoms with Crippen molar-refractivity contribution >= 4 is 19.6 Å². The second kappa shape index (κ2) is 21.7. The molecule has 1 aliphatic rings. The van der Waals surface area contributed by atoms with E-state index >= 15 is 0 Å². The first-order valence-electron chi connectivity index (χ1n) is 16.4. The Labute approximate surface area is 272 Å². The Hall–Kier alpha value is -1.22. The van der Waals surface area contributed by atoms with E-state index in [1.165, 1.54) is 58.3 Å². The van der Waals surface area contributed by atoms with E-state index < -0.39 is 62.0 Å². The largest absolute Gasteiger partial charge is 0.472 e. The summed E-state index contributed by atoms with van der Waals surface area (Å²) >= 11 is 1.62. The summed E-state index contributed by atoms with van der Waals surface area (Å²) in [6.07, 6.45) is 7.17. The molecule has 1 aliphatic heterocycles. The van der Waals surface area contributed by atoms with Crippen LogP contribution in [0.1, 0.15) is 122 Å². The summed E-state index contributed by atoms with van der Waals surface area (Å²) < 4.78 is 78.9. The summed E-state index contributed by atoms with van der Waals surface area (Å²) in [4.78, 5) is 35.1. The Morgan fingerprint density at radius 2 is 1.50 bits per heavy atom. The number of H-pyrrole nitrogens is 1. The molecule has 3 N–H and O–H groups in total. The van der Waals surface area contributed by atoms with Crippen LogP contribution in [0.15, 0.2) is 15.8 Å². The number of thioether (sulfide) groups is 1. The number of rotatable bonds is 25. The zero-order valence-corrected chi connectivity index (χ0v) is 28.4. The lowest BCUT2D eigenvalue weighted by Gasteiger charge is -2.24. The lowest BCUT2D eigenvalue weighted by Crippen LogP contribution is -2.35. The van der Waals surface area contributed by atoms with Gasteiger partial charge < -0.3 is 14.7 Å². The Kier molecular flexibility index (Phi) is 19.3. The highest BCUT2D eigenvalue weighted by atomic mass is 32.2. The molecule has 46 heavy (non-hydrogen) atoms. The standard InChI is InChI=1S/C30H51F4N2O8PS/c1-23(27-25(37)21-26(43-27)36-22-24(31)28(38)35-29(36)39)44-45(40,41)42-18-20-46-19-16-14-12-10-8-6-4-2-3-5-7-9-11-13-15-17-30(32,33)34/h22-23,25-27,37H,2-21H2,1H3,(H,40,41)(H,35,38,39)/t23-,25+,26-,27-/m1/s1. The van der Waals surface area contributed by atoms with Gasteiger partial charge in [0.25, 0.3) is 5.56 Å². The van der Waals surface area contributed by atoms with E-state index in [9.17, 15) is 41.7 Å². The Morgan fingerprint density at radius 3 is 2.04 bits per heavy atom. The van der Waals surface area contributed by atoms with E-state index in [1.807, 2.05) is 4.98 Å². The monoisotopic (exact) mass is 706 g/mol. The zero-order valence-electron chi connectivity index (χ0n) is 26.7. The van der Waals surface area contributed by atoms with Gasteiger partial charge in [-0.3, -0.25) is 23.4 Å². The van der Waals surface area contributed by atoms with Crippen molar-refractivity contribution in [3.8, 4) is 0 Å². The van der Waals surface area contributed by atoms with Crippen molar-refractivity contribution in [1.82, 2.24) is 9.55 Å². The Morgan fingerprint density at radius 1 is 0.978 bits per heavy atom. The van der Waals surface area contributed by atoms with Crippen molar-refractivity contribution in [2.75, 3.05) is 18.1 Å². The van der Waals surface area contributed by atoms with Gasteiger partial charge in [0.1, 0.15) is 12.3 Å². The molecule has 0 radical (unpaired) electrons. The molecule has 1 fully saturated rings. The van der Waals surface area contributed by atoms with Gasteiger partial charge in [-0.25, -0.2) is 9.36 Å². The van der Waals surface area contributed by atoms with E-state index in [-0.39, 0.29) is 19.4 Å². The summed E-state index contributed by atoms with van der Waals surface area (Å²) in [5.74, 6) is 0.223. The van der Waals surface area contributed by atoms with Gasteiger partial charge in [0.15, 0.2) is 0 Å². The van der Waals surface area contributed by atoms with Gasteiger partial charge in [0.05, 0.1) is 25.0 Å².